The number of carboxylic acids is 1. The summed E-state index contributed by atoms with van der Waals surface area (Å²) in [7, 11) is 0. The van der Waals surface area contributed by atoms with Crippen LogP contribution >= 0.6 is 23.2 Å². The third-order valence-corrected chi connectivity index (χ3v) is 0.390. The molecule has 3 nitrogen and oxygen atoms in total. The average Bonchev–Trinajstić information content (AvgIpc) is 1.68. The minimum absolute atomic E-state index is 0.194. The van der Waals surface area contributed by atoms with Crippen molar-refractivity contribution >= 4 is 29.2 Å². The first-order valence-electron chi connectivity index (χ1n) is 2.16. The molecule has 0 spiro atoms. The third kappa shape index (κ3) is 18.0. The summed E-state index contributed by atoms with van der Waals surface area (Å²) in [6.07, 6.45) is 0. The number of carboxylic acid groups (broad SMARTS) is 1. The van der Waals surface area contributed by atoms with E-state index in [-0.39, 0.29) is 5.34 Å². The highest BCUT2D eigenvalue weighted by atomic mass is 35.5. The second-order valence-electron chi connectivity index (χ2n) is 1.23. The summed E-state index contributed by atoms with van der Waals surface area (Å²) >= 11 is 9.53. The van der Waals surface area contributed by atoms with Crippen molar-refractivity contribution in [3.05, 3.63) is 0 Å². The Morgan fingerprint density at radius 3 is 1.89 bits per heavy atom. The average molecular weight is 174 g/mol. The highest BCUT2D eigenvalue weighted by Gasteiger charge is 1.99. The zero-order chi connectivity index (χ0) is 7.86. The summed E-state index contributed by atoms with van der Waals surface area (Å²) in [5, 5.41) is 8.06. The molecule has 1 unspecified atom stereocenters. The Morgan fingerprint density at radius 2 is 1.89 bits per heavy atom. The van der Waals surface area contributed by atoms with E-state index >= 15 is 0 Å². The van der Waals surface area contributed by atoms with Crippen LogP contribution in [0.25, 0.3) is 0 Å². The zero-order valence-electron chi connectivity index (χ0n) is 4.97. The van der Waals surface area contributed by atoms with Crippen molar-refractivity contribution < 1.29 is 9.90 Å². The van der Waals surface area contributed by atoms with Crippen molar-refractivity contribution in [3.8, 4) is 0 Å². The minimum Gasteiger partial charge on any atom is -0.480 e. The molecule has 3 N–H and O–H groups in total. The summed E-state index contributed by atoms with van der Waals surface area (Å²) in [5.41, 5.74) is 4.84. The molecule has 0 aromatic carbocycles. The van der Waals surface area contributed by atoms with Gasteiger partial charge in [0.1, 0.15) is 6.04 Å². The van der Waals surface area contributed by atoms with Crippen LogP contribution in [0.5, 0.6) is 0 Å². The van der Waals surface area contributed by atoms with E-state index in [0.29, 0.717) is 0 Å². The summed E-state index contributed by atoms with van der Waals surface area (Å²) in [4.78, 5) is 9.57. The SMILES string of the molecule is CC(N)C(=O)O.ClCCl. The van der Waals surface area contributed by atoms with E-state index in [4.69, 9.17) is 34.0 Å². The summed E-state index contributed by atoms with van der Waals surface area (Å²) < 4.78 is 0. The maximum atomic E-state index is 9.57. The molecular formula is C4H9Cl2NO2. The minimum atomic E-state index is -0.963. The molecule has 9 heavy (non-hydrogen) atoms. The number of hydrogen-bond donors (Lipinski definition) is 2. The molecular weight excluding hydrogens is 165 g/mol. The highest BCUT2D eigenvalue weighted by Crippen LogP contribution is 1.73. The monoisotopic (exact) mass is 173 g/mol. The second-order valence-corrected chi connectivity index (χ2v) is 2.04. The van der Waals surface area contributed by atoms with Gasteiger partial charge in [-0.3, -0.25) is 4.79 Å². The standard InChI is InChI=1S/C3H7NO2.CH2Cl2/c1-2(4)3(5)6;2-1-3/h2H,4H2,1H3,(H,5,6);1H2. The van der Waals surface area contributed by atoms with Crippen LogP contribution in [0.3, 0.4) is 0 Å². The van der Waals surface area contributed by atoms with Gasteiger partial charge in [-0.25, -0.2) is 0 Å². The van der Waals surface area contributed by atoms with Crippen LogP contribution < -0.4 is 5.73 Å². The van der Waals surface area contributed by atoms with Crippen molar-refractivity contribution in [2.75, 3.05) is 5.34 Å². The van der Waals surface area contributed by atoms with Crippen LogP contribution in [0.4, 0.5) is 0 Å². The Hall–Kier alpha value is 0.01000. The van der Waals surface area contributed by atoms with Gasteiger partial charge in [0.25, 0.3) is 0 Å². The fourth-order valence-corrected chi connectivity index (χ4v) is 0. The first-order valence-corrected chi connectivity index (χ1v) is 3.23. The summed E-state index contributed by atoms with van der Waals surface area (Å²) in [6.45, 7) is 1.42. The lowest BCUT2D eigenvalue weighted by atomic mass is 10.4. The quantitative estimate of drug-likeness (QED) is 0.579. The smallest absolute Gasteiger partial charge is 0.320 e. The molecule has 0 radical (unpaired) electrons. The lowest BCUT2D eigenvalue weighted by molar-refractivity contribution is -0.138. The van der Waals surface area contributed by atoms with Crippen LogP contribution in [-0.4, -0.2) is 22.5 Å². The first kappa shape index (κ1) is 11.8. The lowest BCUT2D eigenvalue weighted by Gasteiger charge is -1.90. The highest BCUT2D eigenvalue weighted by molar-refractivity contribution is 6.40. The van der Waals surface area contributed by atoms with Crippen LogP contribution in [0.15, 0.2) is 0 Å². The number of carbonyl (C=O) groups is 1. The van der Waals surface area contributed by atoms with Gasteiger partial charge in [-0.05, 0) is 6.92 Å². The van der Waals surface area contributed by atoms with Crippen molar-refractivity contribution in [1.82, 2.24) is 0 Å². The Bertz CT molecular complexity index is 77.0. The number of rotatable bonds is 1. The molecule has 0 aromatic heterocycles. The molecule has 0 aliphatic carbocycles. The zero-order valence-corrected chi connectivity index (χ0v) is 6.49. The molecule has 0 amide bonds. The van der Waals surface area contributed by atoms with Crippen molar-refractivity contribution in [2.24, 2.45) is 5.73 Å². The number of halogens is 2. The van der Waals surface area contributed by atoms with Gasteiger partial charge >= 0.3 is 5.97 Å². The molecule has 0 aromatic rings. The summed E-state index contributed by atoms with van der Waals surface area (Å²) in [5.74, 6) is -0.963. The molecule has 0 saturated carbocycles. The van der Waals surface area contributed by atoms with Crippen molar-refractivity contribution in [1.29, 1.82) is 0 Å². The van der Waals surface area contributed by atoms with Crippen molar-refractivity contribution in [2.45, 2.75) is 13.0 Å². The molecule has 5 heteroatoms. The normalized spacial score (nSPS) is 11.1. The van der Waals surface area contributed by atoms with Gasteiger partial charge in [0, 0.05) is 0 Å². The van der Waals surface area contributed by atoms with Crippen molar-refractivity contribution in [3.63, 3.8) is 0 Å². The number of nitrogens with two attached hydrogens (primary N) is 1. The van der Waals surface area contributed by atoms with Crippen LogP contribution in [0, 0.1) is 0 Å². The van der Waals surface area contributed by atoms with Gasteiger partial charge in [0.2, 0.25) is 0 Å². The molecule has 0 fully saturated rings. The largest absolute Gasteiger partial charge is 0.480 e. The molecule has 56 valence electrons. The van der Waals surface area contributed by atoms with Gasteiger partial charge in [-0.15, -0.1) is 23.2 Å². The molecule has 0 rings (SSSR count). The number of hydrogen-bond acceptors (Lipinski definition) is 2. The van der Waals surface area contributed by atoms with E-state index in [1.807, 2.05) is 0 Å². The number of aliphatic carboxylic acids is 1. The van der Waals surface area contributed by atoms with E-state index in [9.17, 15) is 4.79 Å². The maximum Gasteiger partial charge on any atom is 0.320 e. The van der Waals surface area contributed by atoms with Gasteiger partial charge in [-0.1, -0.05) is 0 Å². The molecule has 0 saturated heterocycles. The van der Waals surface area contributed by atoms with E-state index < -0.39 is 12.0 Å². The lowest BCUT2D eigenvalue weighted by Crippen LogP contribution is -2.25. The van der Waals surface area contributed by atoms with Gasteiger partial charge in [0.15, 0.2) is 0 Å². The van der Waals surface area contributed by atoms with Gasteiger partial charge < -0.3 is 10.8 Å². The third-order valence-electron chi connectivity index (χ3n) is 0.390. The van der Waals surface area contributed by atoms with Crippen LogP contribution in [0.1, 0.15) is 6.92 Å². The topological polar surface area (TPSA) is 63.3 Å². The second kappa shape index (κ2) is 8.01. The molecule has 0 aliphatic heterocycles. The van der Waals surface area contributed by atoms with E-state index in [1.165, 1.54) is 6.92 Å². The van der Waals surface area contributed by atoms with E-state index in [0.717, 1.165) is 0 Å². The Balaban J connectivity index is 0. The van der Waals surface area contributed by atoms with E-state index in [1.54, 1.807) is 0 Å². The molecule has 0 heterocycles. The van der Waals surface area contributed by atoms with Gasteiger partial charge in [-0.2, -0.15) is 0 Å². The molecule has 0 aliphatic rings. The fourth-order valence-electron chi connectivity index (χ4n) is 0. The van der Waals surface area contributed by atoms with Crippen LogP contribution in [-0.2, 0) is 4.79 Å². The Kier molecular flexibility index (Phi) is 10.5. The molecule has 1 atom stereocenters. The Morgan fingerprint density at radius 1 is 1.78 bits per heavy atom. The maximum absolute atomic E-state index is 9.57. The Labute approximate surface area is 63.7 Å². The predicted octanol–water partition coefficient (Wildman–Crippen LogP) is 0.840. The van der Waals surface area contributed by atoms with Gasteiger partial charge in [0.05, 0.1) is 5.34 Å². The fraction of sp³-hybridized carbons (Fsp3) is 0.750. The predicted molar refractivity (Wildman–Crippen MR) is 37.9 cm³/mol. The van der Waals surface area contributed by atoms with E-state index in [2.05, 4.69) is 0 Å². The van der Waals surface area contributed by atoms with Crippen LogP contribution in [0.2, 0.25) is 0 Å². The first-order chi connectivity index (χ1) is 4.06. The number of alkyl halides is 2. The molecule has 0 bridgehead atoms. The summed E-state index contributed by atoms with van der Waals surface area (Å²) in [6, 6.07) is -0.731.